The van der Waals surface area contributed by atoms with E-state index in [0.29, 0.717) is 27.8 Å². The first kappa shape index (κ1) is 27.0. The van der Waals surface area contributed by atoms with Gasteiger partial charge in [0.05, 0.1) is 11.9 Å². The third kappa shape index (κ3) is 7.62. The number of carbonyl (C=O) groups is 2. The summed E-state index contributed by atoms with van der Waals surface area (Å²) in [6.07, 6.45) is 1.78. The molecule has 0 aliphatic rings. The van der Waals surface area contributed by atoms with Gasteiger partial charge in [0.2, 0.25) is 21.8 Å². The molecule has 0 saturated heterocycles. The smallest absolute Gasteiger partial charge is 0.244 e. The zero-order valence-corrected chi connectivity index (χ0v) is 21.5. The van der Waals surface area contributed by atoms with Crippen LogP contribution >= 0.6 is 23.2 Å². The van der Waals surface area contributed by atoms with Crippen LogP contribution in [0.4, 0.5) is 5.69 Å². The Morgan fingerprint density at radius 2 is 1.76 bits per heavy atom. The maximum absolute atomic E-state index is 13.4. The number of amides is 2. The van der Waals surface area contributed by atoms with Gasteiger partial charge in [-0.1, -0.05) is 42.3 Å². The van der Waals surface area contributed by atoms with Gasteiger partial charge in [-0.2, -0.15) is 0 Å². The van der Waals surface area contributed by atoms with Crippen LogP contribution in [0, 0.1) is 6.92 Å². The van der Waals surface area contributed by atoms with E-state index in [1.54, 1.807) is 56.3 Å². The Kier molecular flexibility index (Phi) is 9.57. The van der Waals surface area contributed by atoms with Crippen molar-refractivity contribution in [3.63, 3.8) is 0 Å². The molecule has 0 radical (unpaired) electrons. The van der Waals surface area contributed by atoms with Gasteiger partial charge in [-0.15, -0.1) is 0 Å². The Morgan fingerprint density at radius 3 is 2.33 bits per heavy atom. The molecule has 2 amide bonds. The van der Waals surface area contributed by atoms with E-state index in [1.165, 1.54) is 4.90 Å². The molecule has 2 aromatic rings. The summed E-state index contributed by atoms with van der Waals surface area (Å²) < 4.78 is 26.2. The molecule has 7 nitrogen and oxygen atoms in total. The zero-order chi connectivity index (χ0) is 24.8. The van der Waals surface area contributed by atoms with Crippen LogP contribution in [0.5, 0.6) is 0 Å². The van der Waals surface area contributed by atoms with Crippen LogP contribution in [0.15, 0.2) is 42.5 Å². The van der Waals surface area contributed by atoms with Crippen molar-refractivity contribution in [2.45, 2.75) is 39.8 Å². The Bertz CT molecular complexity index is 1110. The number of hydrogen-bond donors (Lipinski definition) is 1. The molecular formula is C23H29Cl2N3O4S. The highest BCUT2D eigenvalue weighted by Crippen LogP contribution is 2.26. The van der Waals surface area contributed by atoms with Crippen molar-refractivity contribution in [2.24, 2.45) is 0 Å². The van der Waals surface area contributed by atoms with Crippen LogP contribution in [0.1, 0.15) is 31.4 Å². The number of nitrogens with one attached hydrogen (secondary N) is 1. The monoisotopic (exact) mass is 513 g/mol. The van der Waals surface area contributed by atoms with Crippen LogP contribution in [-0.2, 0) is 26.2 Å². The van der Waals surface area contributed by atoms with Gasteiger partial charge in [0.15, 0.2) is 0 Å². The Hall–Kier alpha value is -2.29. The van der Waals surface area contributed by atoms with Crippen molar-refractivity contribution in [3.8, 4) is 0 Å². The molecule has 2 rings (SSSR count). The van der Waals surface area contributed by atoms with Gasteiger partial charge in [0, 0.05) is 23.1 Å². The van der Waals surface area contributed by atoms with E-state index in [9.17, 15) is 18.0 Å². The fourth-order valence-corrected chi connectivity index (χ4v) is 4.65. The van der Waals surface area contributed by atoms with Crippen molar-refractivity contribution in [3.05, 3.63) is 63.6 Å². The van der Waals surface area contributed by atoms with E-state index >= 15 is 0 Å². The molecule has 10 heteroatoms. The quantitative estimate of drug-likeness (QED) is 0.519. The maximum atomic E-state index is 13.4. The predicted molar refractivity (Wildman–Crippen MR) is 133 cm³/mol. The highest BCUT2D eigenvalue weighted by Gasteiger charge is 2.30. The lowest BCUT2D eigenvalue weighted by molar-refractivity contribution is -0.139. The standard InChI is InChI=1S/C23H29Cl2N3O4S/c1-5-11-26-23(30)17(3)27(14-18-7-6-8-19(24)13-18)22(29)15-28(33(4,31)32)21-10-9-20(25)12-16(21)2/h6-10,12-13,17H,5,11,14-15H2,1-4H3,(H,26,30)/t17-/m0/s1. The normalized spacial score (nSPS) is 12.2. The maximum Gasteiger partial charge on any atom is 0.244 e. The summed E-state index contributed by atoms with van der Waals surface area (Å²) in [5, 5.41) is 3.75. The third-order valence-corrected chi connectivity index (χ3v) is 6.66. The highest BCUT2D eigenvalue weighted by atomic mass is 35.5. The summed E-state index contributed by atoms with van der Waals surface area (Å²) in [5.41, 5.74) is 1.68. The molecule has 0 aliphatic heterocycles. The molecule has 0 aromatic heterocycles. The van der Waals surface area contributed by atoms with Gasteiger partial charge in [0.1, 0.15) is 12.6 Å². The number of halogens is 2. The van der Waals surface area contributed by atoms with Crippen molar-refractivity contribution in [1.82, 2.24) is 10.2 Å². The largest absolute Gasteiger partial charge is 0.354 e. The van der Waals surface area contributed by atoms with Crippen molar-refractivity contribution < 1.29 is 18.0 Å². The van der Waals surface area contributed by atoms with Crippen LogP contribution in [0.25, 0.3) is 0 Å². The van der Waals surface area contributed by atoms with Gasteiger partial charge in [-0.25, -0.2) is 8.42 Å². The molecule has 180 valence electrons. The number of sulfonamides is 1. The number of carbonyl (C=O) groups excluding carboxylic acids is 2. The number of aryl methyl sites for hydroxylation is 1. The Labute approximate surface area is 205 Å². The lowest BCUT2D eigenvalue weighted by atomic mass is 10.1. The number of hydrogen-bond acceptors (Lipinski definition) is 4. The second-order valence-corrected chi connectivity index (χ2v) is 10.6. The fourth-order valence-electron chi connectivity index (χ4n) is 3.30. The number of rotatable bonds is 10. The first-order chi connectivity index (χ1) is 15.4. The second kappa shape index (κ2) is 11.7. The van der Waals surface area contributed by atoms with Gasteiger partial charge in [0.25, 0.3) is 0 Å². The zero-order valence-electron chi connectivity index (χ0n) is 19.1. The first-order valence-electron chi connectivity index (χ1n) is 10.5. The van der Waals surface area contributed by atoms with Gasteiger partial charge >= 0.3 is 0 Å². The molecule has 1 atom stereocenters. The molecule has 0 saturated carbocycles. The average Bonchev–Trinajstić information content (AvgIpc) is 2.73. The minimum Gasteiger partial charge on any atom is -0.354 e. The van der Waals surface area contributed by atoms with E-state index in [4.69, 9.17) is 23.2 Å². The predicted octanol–water partition coefficient (Wildman–Crippen LogP) is 4.01. The summed E-state index contributed by atoms with van der Waals surface area (Å²) in [6.45, 7) is 5.37. The van der Waals surface area contributed by atoms with Crippen molar-refractivity contribution in [2.75, 3.05) is 23.7 Å². The van der Waals surface area contributed by atoms with Gasteiger partial charge in [-0.3, -0.25) is 13.9 Å². The molecule has 1 N–H and O–H groups in total. The van der Waals surface area contributed by atoms with Gasteiger partial charge in [-0.05, 0) is 61.7 Å². The van der Waals surface area contributed by atoms with E-state index in [2.05, 4.69) is 5.32 Å². The third-order valence-electron chi connectivity index (χ3n) is 5.07. The molecule has 0 spiro atoms. The number of nitrogens with zero attached hydrogens (tertiary/aromatic N) is 2. The van der Waals surface area contributed by atoms with Crippen LogP contribution in [-0.4, -0.2) is 50.5 Å². The molecule has 0 unspecified atom stereocenters. The summed E-state index contributed by atoms with van der Waals surface area (Å²) >= 11 is 12.1. The number of anilines is 1. The van der Waals surface area contributed by atoms with E-state index < -0.39 is 28.5 Å². The minimum atomic E-state index is -3.80. The lowest BCUT2D eigenvalue weighted by Crippen LogP contribution is -2.51. The molecular weight excluding hydrogens is 485 g/mol. The molecule has 33 heavy (non-hydrogen) atoms. The highest BCUT2D eigenvalue weighted by molar-refractivity contribution is 7.92. The van der Waals surface area contributed by atoms with E-state index in [0.717, 1.165) is 22.5 Å². The van der Waals surface area contributed by atoms with Crippen LogP contribution in [0.2, 0.25) is 10.0 Å². The van der Waals surface area contributed by atoms with Gasteiger partial charge < -0.3 is 10.2 Å². The van der Waals surface area contributed by atoms with Crippen molar-refractivity contribution in [1.29, 1.82) is 0 Å². The van der Waals surface area contributed by atoms with Crippen LogP contribution < -0.4 is 9.62 Å². The van der Waals surface area contributed by atoms with E-state index in [1.807, 2.05) is 6.92 Å². The lowest BCUT2D eigenvalue weighted by Gasteiger charge is -2.32. The summed E-state index contributed by atoms with van der Waals surface area (Å²) in [4.78, 5) is 27.5. The topological polar surface area (TPSA) is 86.8 Å². The second-order valence-electron chi connectivity index (χ2n) is 7.82. The molecule has 2 aromatic carbocycles. The molecule has 0 heterocycles. The summed E-state index contributed by atoms with van der Waals surface area (Å²) in [5.74, 6) is -0.838. The summed E-state index contributed by atoms with van der Waals surface area (Å²) in [7, 11) is -3.80. The SMILES string of the molecule is CCCNC(=O)[C@H](C)N(Cc1cccc(Cl)c1)C(=O)CN(c1ccc(Cl)cc1C)S(C)(=O)=O. The van der Waals surface area contributed by atoms with Crippen LogP contribution in [0.3, 0.4) is 0 Å². The number of benzene rings is 2. The molecule has 0 aliphatic carbocycles. The first-order valence-corrected chi connectivity index (χ1v) is 13.1. The molecule has 0 fully saturated rings. The summed E-state index contributed by atoms with van der Waals surface area (Å²) in [6, 6.07) is 10.9. The fraction of sp³-hybridized carbons (Fsp3) is 0.391. The Balaban J connectivity index is 2.40. The minimum absolute atomic E-state index is 0.0946. The molecule has 0 bridgehead atoms. The Morgan fingerprint density at radius 1 is 1.09 bits per heavy atom. The van der Waals surface area contributed by atoms with E-state index in [-0.39, 0.29) is 12.5 Å². The average molecular weight is 514 g/mol. The van der Waals surface area contributed by atoms with Crippen molar-refractivity contribution >= 4 is 50.7 Å².